The minimum Gasteiger partial charge on any atom is -0.315 e. The molecule has 0 saturated heterocycles. The largest absolute Gasteiger partial charge is 0.315 e. The van der Waals surface area contributed by atoms with Crippen LogP contribution in [0.5, 0.6) is 0 Å². The van der Waals surface area contributed by atoms with Gasteiger partial charge in [-0.2, -0.15) is 0 Å². The lowest BCUT2D eigenvalue weighted by molar-refractivity contribution is 0.289. The fourth-order valence-corrected chi connectivity index (χ4v) is 2.58. The van der Waals surface area contributed by atoms with E-state index >= 15 is 0 Å². The van der Waals surface area contributed by atoms with Crippen molar-refractivity contribution in [3.05, 3.63) is 35.4 Å². The second-order valence-corrected chi connectivity index (χ2v) is 5.99. The van der Waals surface area contributed by atoms with Crippen LogP contribution in [0.3, 0.4) is 0 Å². The zero-order valence-electron chi connectivity index (χ0n) is 12.0. The van der Waals surface area contributed by atoms with Crippen molar-refractivity contribution in [2.75, 3.05) is 6.54 Å². The third kappa shape index (κ3) is 5.36. The van der Waals surface area contributed by atoms with Crippen molar-refractivity contribution < 1.29 is 0 Å². The summed E-state index contributed by atoms with van der Waals surface area (Å²) in [5.41, 5.74) is 3.15. The highest BCUT2D eigenvalue weighted by Gasteiger charge is 2.21. The Labute approximate surface area is 107 Å². The maximum Gasteiger partial charge on any atom is 0.00438 e. The van der Waals surface area contributed by atoms with Crippen LogP contribution in [0.15, 0.2) is 24.3 Å². The van der Waals surface area contributed by atoms with Crippen molar-refractivity contribution in [1.29, 1.82) is 0 Å². The predicted molar refractivity (Wildman–Crippen MR) is 76.4 cm³/mol. The van der Waals surface area contributed by atoms with Crippen LogP contribution in [-0.4, -0.2) is 12.6 Å². The quantitative estimate of drug-likeness (QED) is 0.784. The van der Waals surface area contributed by atoms with Crippen molar-refractivity contribution >= 4 is 0 Å². The van der Waals surface area contributed by atoms with Gasteiger partial charge in [-0.3, -0.25) is 0 Å². The lowest BCUT2D eigenvalue weighted by Gasteiger charge is -2.28. The van der Waals surface area contributed by atoms with E-state index in [1.165, 1.54) is 17.5 Å². The summed E-state index contributed by atoms with van der Waals surface area (Å²) in [5.74, 6) is 0. The van der Waals surface area contributed by atoms with Crippen LogP contribution in [0, 0.1) is 12.3 Å². The second kappa shape index (κ2) is 6.20. The zero-order chi connectivity index (χ0) is 12.9. The van der Waals surface area contributed by atoms with E-state index in [9.17, 15) is 0 Å². The number of benzene rings is 1. The molecule has 0 spiro atoms. The first-order valence-electron chi connectivity index (χ1n) is 6.72. The standard InChI is InChI=1S/C16H27N/c1-6-17-14(3)11-16(4,5)12-15-9-7-13(2)8-10-15/h7-10,14,17H,6,11-12H2,1-5H3. The first-order chi connectivity index (χ1) is 7.93. The average molecular weight is 233 g/mol. The molecule has 1 heteroatoms. The summed E-state index contributed by atoms with van der Waals surface area (Å²) in [6, 6.07) is 9.53. The lowest BCUT2D eigenvalue weighted by Crippen LogP contribution is -2.32. The molecular weight excluding hydrogens is 206 g/mol. The van der Waals surface area contributed by atoms with Gasteiger partial charge in [-0.25, -0.2) is 0 Å². The second-order valence-electron chi connectivity index (χ2n) is 5.99. The first kappa shape index (κ1) is 14.2. The van der Waals surface area contributed by atoms with Gasteiger partial charge in [0.1, 0.15) is 0 Å². The molecule has 0 radical (unpaired) electrons. The third-order valence-electron chi connectivity index (χ3n) is 3.21. The Kier molecular flexibility index (Phi) is 5.20. The van der Waals surface area contributed by atoms with Gasteiger partial charge in [0, 0.05) is 6.04 Å². The van der Waals surface area contributed by atoms with E-state index in [4.69, 9.17) is 0 Å². The minimum absolute atomic E-state index is 0.358. The number of hydrogen-bond donors (Lipinski definition) is 1. The molecule has 1 aromatic rings. The molecule has 96 valence electrons. The molecule has 17 heavy (non-hydrogen) atoms. The molecule has 1 nitrogen and oxygen atoms in total. The summed E-state index contributed by atoms with van der Waals surface area (Å²) in [5, 5.41) is 3.50. The van der Waals surface area contributed by atoms with Crippen molar-refractivity contribution in [2.24, 2.45) is 5.41 Å². The molecular formula is C16H27N. The van der Waals surface area contributed by atoms with Crippen molar-refractivity contribution in [3.63, 3.8) is 0 Å². The predicted octanol–water partition coefficient (Wildman–Crippen LogP) is 3.95. The van der Waals surface area contributed by atoms with Gasteiger partial charge in [0.25, 0.3) is 0 Å². The Balaban J connectivity index is 2.56. The van der Waals surface area contributed by atoms with Crippen LogP contribution in [0.2, 0.25) is 0 Å². The SMILES string of the molecule is CCNC(C)CC(C)(C)Cc1ccc(C)cc1. The van der Waals surface area contributed by atoms with Crippen molar-refractivity contribution in [2.45, 2.75) is 53.5 Å². The van der Waals surface area contributed by atoms with Gasteiger partial charge in [0.05, 0.1) is 0 Å². The van der Waals surface area contributed by atoms with Gasteiger partial charge in [-0.15, -0.1) is 0 Å². The number of rotatable bonds is 6. The lowest BCUT2D eigenvalue weighted by atomic mass is 9.80. The van der Waals surface area contributed by atoms with E-state index in [1.807, 2.05) is 0 Å². The molecule has 0 fully saturated rings. The van der Waals surface area contributed by atoms with Gasteiger partial charge in [0.2, 0.25) is 0 Å². The maximum absolute atomic E-state index is 3.50. The molecule has 0 saturated carbocycles. The Morgan fingerprint density at radius 3 is 2.29 bits per heavy atom. The number of hydrogen-bond acceptors (Lipinski definition) is 1. The molecule has 0 amide bonds. The third-order valence-corrected chi connectivity index (χ3v) is 3.21. The summed E-state index contributed by atoms with van der Waals surface area (Å²) in [6.07, 6.45) is 2.37. The van der Waals surface area contributed by atoms with Crippen LogP contribution in [0.25, 0.3) is 0 Å². The maximum atomic E-state index is 3.50. The Hall–Kier alpha value is -0.820. The van der Waals surface area contributed by atoms with E-state index in [2.05, 4.69) is 64.2 Å². The molecule has 0 aromatic heterocycles. The molecule has 1 atom stereocenters. The highest BCUT2D eigenvalue weighted by atomic mass is 14.9. The van der Waals surface area contributed by atoms with Gasteiger partial charge >= 0.3 is 0 Å². The van der Waals surface area contributed by atoms with Gasteiger partial charge < -0.3 is 5.32 Å². The molecule has 0 bridgehead atoms. The normalized spacial score (nSPS) is 13.7. The van der Waals surface area contributed by atoms with E-state index in [0.29, 0.717) is 11.5 Å². The van der Waals surface area contributed by atoms with Crippen molar-refractivity contribution in [3.8, 4) is 0 Å². The summed E-state index contributed by atoms with van der Waals surface area (Å²) < 4.78 is 0. The van der Waals surface area contributed by atoms with E-state index in [-0.39, 0.29) is 0 Å². The molecule has 1 unspecified atom stereocenters. The summed E-state index contributed by atoms with van der Waals surface area (Å²) >= 11 is 0. The van der Waals surface area contributed by atoms with Gasteiger partial charge in [0.15, 0.2) is 0 Å². The van der Waals surface area contributed by atoms with E-state index < -0.39 is 0 Å². The first-order valence-corrected chi connectivity index (χ1v) is 6.72. The molecule has 0 heterocycles. The fourth-order valence-electron chi connectivity index (χ4n) is 2.58. The topological polar surface area (TPSA) is 12.0 Å². The Morgan fingerprint density at radius 2 is 1.76 bits per heavy atom. The van der Waals surface area contributed by atoms with Crippen LogP contribution >= 0.6 is 0 Å². The minimum atomic E-state index is 0.358. The van der Waals surface area contributed by atoms with Crippen LogP contribution in [0.1, 0.15) is 45.2 Å². The monoisotopic (exact) mass is 233 g/mol. The van der Waals surface area contributed by atoms with Crippen LogP contribution in [0.4, 0.5) is 0 Å². The molecule has 1 N–H and O–H groups in total. The Bertz CT molecular complexity index is 324. The number of aryl methyl sites for hydroxylation is 1. The van der Waals surface area contributed by atoms with Crippen molar-refractivity contribution in [1.82, 2.24) is 5.32 Å². The Morgan fingerprint density at radius 1 is 1.18 bits per heavy atom. The number of nitrogens with one attached hydrogen (secondary N) is 1. The zero-order valence-corrected chi connectivity index (χ0v) is 12.0. The molecule has 0 aliphatic carbocycles. The summed E-state index contributed by atoms with van der Waals surface area (Å²) in [7, 11) is 0. The van der Waals surface area contributed by atoms with Crippen LogP contribution < -0.4 is 5.32 Å². The average Bonchev–Trinajstić information content (AvgIpc) is 2.20. The van der Waals surface area contributed by atoms with Crippen LogP contribution in [-0.2, 0) is 6.42 Å². The smallest absolute Gasteiger partial charge is 0.00438 e. The highest BCUT2D eigenvalue weighted by Crippen LogP contribution is 2.27. The molecule has 1 rings (SSSR count). The highest BCUT2D eigenvalue weighted by molar-refractivity contribution is 5.22. The molecule has 0 aliphatic rings. The molecule has 1 aromatic carbocycles. The van der Waals surface area contributed by atoms with E-state index in [0.717, 1.165) is 13.0 Å². The fraction of sp³-hybridized carbons (Fsp3) is 0.625. The van der Waals surface area contributed by atoms with Gasteiger partial charge in [-0.1, -0.05) is 50.6 Å². The summed E-state index contributed by atoms with van der Waals surface area (Å²) in [6.45, 7) is 12.4. The van der Waals surface area contributed by atoms with Gasteiger partial charge in [-0.05, 0) is 44.2 Å². The summed E-state index contributed by atoms with van der Waals surface area (Å²) in [4.78, 5) is 0. The molecule has 0 aliphatic heterocycles. The van der Waals surface area contributed by atoms with E-state index in [1.54, 1.807) is 0 Å².